The van der Waals surface area contributed by atoms with Crippen molar-refractivity contribution in [1.29, 1.82) is 0 Å². The molecule has 3 N–H and O–H groups in total. The molecule has 1 saturated heterocycles. The van der Waals surface area contributed by atoms with E-state index in [9.17, 15) is 0 Å². The lowest BCUT2D eigenvalue weighted by atomic mass is 10.1. The average Bonchev–Trinajstić information content (AvgIpc) is 3.60. The summed E-state index contributed by atoms with van der Waals surface area (Å²) in [4.78, 5) is 7.18. The maximum absolute atomic E-state index is 4.58. The SMILES string of the molecule is C=C(C)CN=C(C)c1cccc(CNC(=C)CCCc2ccc(C)cc2)c1.CC.CN.Cc1ccc(CCCN2CCCC2)cc1. The molecule has 4 nitrogen and oxygen atoms in total. The van der Waals surface area contributed by atoms with E-state index >= 15 is 0 Å². The van der Waals surface area contributed by atoms with E-state index in [2.05, 4.69) is 128 Å². The molecule has 3 aromatic carbocycles. The number of aliphatic imine (C=N–C) groups is 1. The summed E-state index contributed by atoms with van der Waals surface area (Å²) in [5, 5.41) is 3.46. The number of hydrogen-bond acceptors (Lipinski definition) is 4. The molecule has 0 spiro atoms. The maximum atomic E-state index is 4.58. The molecular formula is C42H64N4. The molecule has 0 unspecified atom stereocenters. The number of rotatable bonds is 14. The van der Waals surface area contributed by atoms with Crippen molar-refractivity contribution >= 4 is 5.71 Å². The smallest absolute Gasteiger partial charge is 0.0597 e. The Labute approximate surface area is 282 Å². The van der Waals surface area contributed by atoms with Gasteiger partial charge in [0.1, 0.15) is 0 Å². The number of allylic oxidation sites excluding steroid dienone is 1. The Kier molecular flexibility index (Phi) is 21.8. The number of nitrogens with one attached hydrogen (secondary N) is 1. The summed E-state index contributed by atoms with van der Waals surface area (Å²) in [6.07, 6.45) is 8.55. The summed E-state index contributed by atoms with van der Waals surface area (Å²) in [5.41, 5.74) is 15.7. The molecule has 0 amide bonds. The Bertz CT molecular complexity index is 1270. The third-order valence-corrected chi connectivity index (χ3v) is 7.80. The third-order valence-electron chi connectivity index (χ3n) is 7.80. The molecule has 0 radical (unpaired) electrons. The zero-order valence-corrected chi connectivity index (χ0v) is 30.3. The lowest BCUT2D eigenvalue weighted by molar-refractivity contribution is 0.334. The summed E-state index contributed by atoms with van der Waals surface area (Å²) in [6, 6.07) is 26.3. The van der Waals surface area contributed by atoms with E-state index in [1.54, 1.807) is 0 Å². The summed E-state index contributed by atoms with van der Waals surface area (Å²) in [7, 11) is 1.50. The lowest BCUT2D eigenvalue weighted by Gasteiger charge is -2.13. The van der Waals surface area contributed by atoms with Crippen LogP contribution in [0.4, 0.5) is 0 Å². The van der Waals surface area contributed by atoms with Gasteiger partial charge in [0, 0.05) is 18.0 Å². The van der Waals surface area contributed by atoms with Gasteiger partial charge < -0.3 is 16.0 Å². The van der Waals surface area contributed by atoms with Crippen LogP contribution in [0.2, 0.25) is 0 Å². The summed E-state index contributed by atoms with van der Waals surface area (Å²) in [6.45, 7) is 25.8. The predicted octanol–water partition coefficient (Wildman–Crippen LogP) is 9.63. The second kappa shape index (κ2) is 24.7. The fourth-order valence-corrected chi connectivity index (χ4v) is 5.10. The van der Waals surface area contributed by atoms with E-state index in [4.69, 9.17) is 0 Å². The molecule has 0 aromatic heterocycles. The highest BCUT2D eigenvalue weighted by Gasteiger charge is 2.10. The van der Waals surface area contributed by atoms with Gasteiger partial charge in [-0.2, -0.15) is 0 Å². The van der Waals surface area contributed by atoms with Crippen LogP contribution in [0.25, 0.3) is 0 Å². The molecule has 46 heavy (non-hydrogen) atoms. The first-order valence-electron chi connectivity index (χ1n) is 17.4. The van der Waals surface area contributed by atoms with Gasteiger partial charge in [-0.3, -0.25) is 4.99 Å². The van der Waals surface area contributed by atoms with Crippen molar-refractivity contribution in [2.75, 3.05) is 33.2 Å². The van der Waals surface area contributed by atoms with Crippen LogP contribution in [0.1, 0.15) is 93.2 Å². The summed E-state index contributed by atoms with van der Waals surface area (Å²) in [5.74, 6) is 0. The van der Waals surface area contributed by atoms with Gasteiger partial charge in [-0.05, 0) is 128 Å². The Morgan fingerprint density at radius 3 is 1.87 bits per heavy atom. The number of nitrogens with two attached hydrogens (primary N) is 1. The first kappa shape index (κ1) is 40.6. The molecule has 3 aromatic rings. The molecule has 1 aliphatic heterocycles. The van der Waals surface area contributed by atoms with Crippen LogP contribution < -0.4 is 11.1 Å². The van der Waals surface area contributed by atoms with Crippen molar-refractivity contribution in [3.8, 4) is 0 Å². The normalized spacial score (nSPS) is 12.5. The van der Waals surface area contributed by atoms with Crippen molar-refractivity contribution in [2.24, 2.45) is 10.7 Å². The molecule has 0 aliphatic carbocycles. The van der Waals surface area contributed by atoms with Crippen LogP contribution in [-0.2, 0) is 19.4 Å². The van der Waals surface area contributed by atoms with Crippen LogP contribution in [0.15, 0.2) is 102 Å². The molecule has 0 atom stereocenters. The predicted molar refractivity (Wildman–Crippen MR) is 205 cm³/mol. The first-order chi connectivity index (χ1) is 22.3. The highest BCUT2D eigenvalue weighted by Crippen LogP contribution is 2.12. The van der Waals surface area contributed by atoms with Gasteiger partial charge in [-0.1, -0.05) is 110 Å². The van der Waals surface area contributed by atoms with Crippen molar-refractivity contribution in [3.63, 3.8) is 0 Å². The number of nitrogens with zero attached hydrogens (tertiary/aromatic N) is 2. The minimum atomic E-state index is 0.687. The minimum absolute atomic E-state index is 0.687. The van der Waals surface area contributed by atoms with Gasteiger partial charge in [0.2, 0.25) is 0 Å². The summed E-state index contributed by atoms with van der Waals surface area (Å²) < 4.78 is 0. The van der Waals surface area contributed by atoms with E-state index < -0.39 is 0 Å². The fourth-order valence-electron chi connectivity index (χ4n) is 5.10. The molecule has 1 fully saturated rings. The number of hydrogen-bond donors (Lipinski definition) is 2. The van der Waals surface area contributed by atoms with Crippen LogP contribution in [0, 0.1) is 13.8 Å². The van der Waals surface area contributed by atoms with Gasteiger partial charge in [-0.25, -0.2) is 0 Å². The monoisotopic (exact) mass is 625 g/mol. The van der Waals surface area contributed by atoms with E-state index in [1.165, 1.54) is 85.7 Å². The zero-order valence-electron chi connectivity index (χ0n) is 30.3. The number of benzene rings is 3. The number of aryl methyl sites for hydroxylation is 4. The largest absolute Gasteiger partial charge is 0.385 e. The van der Waals surface area contributed by atoms with E-state index in [-0.39, 0.29) is 0 Å². The van der Waals surface area contributed by atoms with Crippen LogP contribution >= 0.6 is 0 Å². The highest BCUT2D eigenvalue weighted by molar-refractivity contribution is 5.98. The molecule has 1 aliphatic rings. The Morgan fingerprint density at radius 1 is 0.783 bits per heavy atom. The standard InChI is InChI=1S/C25H32N2.C14H21N.C2H6.CH5N/c1-19(2)17-27-22(5)25-11-7-10-24(16-25)18-26-21(4)8-6-9-23-14-12-20(3)13-15-23;1-13-6-8-14(9-7-13)5-4-12-15-10-2-3-11-15;2*1-2/h7,10-16,26H,1,4,6,8-9,17-18H2,2-3,5H3;6-9H,2-5,10-12H2,1H3;1-2H3;2H2,1H3. The Morgan fingerprint density at radius 2 is 1.33 bits per heavy atom. The molecule has 1 heterocycles. The summed E-state index contributed by atoms with van der Waals surface area (Å²) >= 11 is 0. The number of likely N-dealkylation sites (tertiary alicyclic amines) is 1. The Balaban J connectivity index is 0.000000468. The fraction of sp³-hybridized carbons (Fsp3) is 0.452. The second-order valence-electron chi connectivity index (χ2n) is 12.0. The van der Waals surface area contributed by atoms with Crippen molar-refractivity contribution in [1.82, 2.24) is 10.2 Å². The van der Waals surface area contributed by atoms with E-state index in [0.717, 1.165) is 42.8 Å². The van der Waals surface area contributed by atoms with Gasteiger partial charge >= 0.3 is 0 Å². The highest BCUT2D eigenvalue weighted by atomic mass is 15.1. The third kappa shape index (κ3) is 17.9. The molecular weight excluding hydrogens is 560 g/mol. The molecule has 252 valence electrons. The molecule has 0 saturated carbocycles. The van der Waals surface area contributed by atoms with Crippen LogP contribution in [0.3, 0.4) is 0 Å². The van der Waals surface area contributed by atoms with Gasteiger partial charge in [0.15, 0.2) is 0 Å². The van der Waals surface area contributed by atoms with Crippen molar-refractivity contribution in [3.05, 3.63) is 131 Å². The van der Waals surface area contributed by atoms with E-state index in [1.807, 2.05) is 20.8 Å². The minimum Gasteiger partial charge on any atom is -0.385 e. The molecule has 4 heteroatoms. The van der Waals surface area contributed by atoms with Gasteiger partial charge in [0.25, 0.3) is 0 Å². The second-order valence-corrected chi connectivity index (χ2v) is 12.0. The Hall–Kier alpha value is -3.47. The van der Waals surface area contributed by atoms with Gasteiger partial charge in [-0.15, -0.1) is 0 Å². The first-order valence-corrected chi connectivity index (χ1v) is 17.4. The van der Waals surface area contributed by atoms with Crippen molar-refractivity contribution in [2.45, 2.75) is 93.0 Å². The quantitative estimate of drug-likeness (QED) is 0.139. The van der Waals surface area contributed by atoms with E-state index in [0.29, 0.717) is 6.54 Å². The molecule has 4 rings (SSSR count). The lowest BCUT2D eigenvalue weighted by Crippen LogP contribution is -2.20. The van der Waals surface area contributed by atoms with Crippen molar-refractivity contribution < 1.29 is 0 Å². The van der Waals surface area contributed by atoms with Crippen LogP contribution in [0.5, 0.6) is 0 Å². The zero-order chi connectivity index (χ0) is 34.2. The molecule has 0 bridgehead atoms. The van der Waals surface area contributed by atoms with Crippen LogP contribution in [-0.4, -0.2) is 43.8 Å². The maximum Gasteiger partial charge on any atom is 0.0597 e. The topological polar surface area (TPSA) is 53.6 Å². The average molecular weight is 625 g/mol. The van der Waals surface area contributed by atoms with Gasteiger partial charge in [0.05, 0.1) is 6.54 Å².